The molecule has 10 heteroatoms. The van der Waals surface area contributed by atoms with Gasteiger partial charge in [0.05, 0.1) is 15.1 Å². The van der Waals surface area contributed by atoms with Crippen LogP contribution in [0.4, 0.5) is 5.82 Å². The molecular weight excluding hydrogens is 406 g/mol. The molecule has 1 aliphatic rings. The molecule has 5 rings (SSSR count). The zero-order chi connectivity index (χ0) is 18.6. The van der Waals surface area contributed by atoms with Crippen molar-refractivity contribution in [2.75, 3.05) is 18.0 Å². The van der Waals surface area contributed by atoms with Crippen molar-refractivity contribution in [3.05, 3.63) is 40.7 Å². The molecular formula is C17H14ClN5O2S2. The van der Waals surface area contributed by atoms with Crippen molar-refractivity contribution < 1.29 is 8.42 Å². The summed E-state index contributed by atoms with van der Waals surface area (Å²) in [6, 6.07) is 8.05. The topological polar surface area (TPSA) is 80.5 Å². The molecule has 138 valence electrons. The van der Waals surface area contributed by atoms with E-state index in [1.54, 1.807) is 23.5 Å². The van der Waals surface area contributed by atoms with Crippen molar-refractivity contribution in [1.82, 2.24) is 19.8 Å². The molecule has 0 atom stereocenters. The van der Waals surface area contributed by atoms with Crippen LogP contribution in [0.25, 0.3) is 15.9 Å². The highest BCUT2D eigenvalue weighted by molar-refractivity contribution is 7.91. The monoisotopic (exact) mass is 419 g/mol. The van der Waals surface area contributed by atoms with Crippen LogP contribution in [0.2, 0.25) is 5.02 Å². The maximum absolute atomic E-state index is 13.1. The average Bonchev–Trinajstić information content (AvgIpc) is 3.39. The van der Waals surface area contributed by atoms with Gasteiger partial charge < -0.3 is 4.90 Å². The Hall–Kier alpha value is -2.23. The summed E-state index contributed by atoms with van der Waals surface area (Å²) in [4.78, 5) is 6.97. The second-order valence-corrected chi connectivity index (χ2v) is 9.57. The minimum atomic E-state index is -3.89. The molecule has 0 unspecified atom stereocenters. The third kappa shape index (κ3) is 2.60. The molecule has 0 N–H and O–H groups in total. The fourth-order valence-electron chi connectivity index (χ4n) is 3.37. The van der Waals surface area contributed by atoms with E-state index in [2.05, 4.69) is 15.2 Å². The SMILES string of the molecule is O=S(=O)(c1cccc(Cl)c1)c1nnn2c1nc(N1CCCC1)c1sccc12. The molecule has 0 saturated carbocycles. The highest BCUT2D eigenvalue weighted by Crippen LogP contribution is 2.34. The van der Waals surface area contributed by atoms with E-state index in [4.69, 9.17) is 16.6 Å². The summed E-state index contributed by atoms with van der Waals surface area (Å²) < 4.78 is 28.8. The smallest absolute Gasteiger partial charge is 0.229 e. The molecule has 0 aliphatic carbocycles. The first kappa shape index (κ1) is 16.9. The van der Waals surface area contributed by atoms with Crippen LogP contribution >= 0.6 is 22.9 Å². The molecule has 7 nitrogen and oxygen atoms in total. The van der Waals surface area contributed by atoms with Gasteiger partial charge in [-0.25, -0.2) is 13.4 Å². The number of fused-ring (bicyclic) bond motifs is 3. The number of nitrogens with zero attached hydrogens (tertiary/aromatic N) is 5. The molecule has 1 aromatic carbocycles. The Morgan fingerprint density at radius 2 is 1.96 bits per heavy atom. The van der Waals surface area contributed by atoms with Crippen LogP contribution in [0.3, 0.4) is 0 Å². The first-order valence-corrected chi connectivity index (χ1v) is 11.2. The molecule has 3 aromatic heterocycles. The lowest BCUT2D eigenvalue weighted by Gasteiger charge is -2.17. The Morgan fingerprint density at radius 3 is 2.74 bits per heavy atom. The van der Waals surface area contributed by atoms with Gasteiger partial charge in [-0.15, -0.1) is 16.4 Å². The molecule has 0 spiro atoms. The Morgan fingerprint density at radius 1 is 1.15 bits per heavy atom. The highest BCUT2D eigenvalue weighted by atomic mass is 35.5. The second-order valence-electron chi connectivity index (χ2n) is 6.36. The predicted octanol–water partition coefficient (Wildman–Crippen LogP) is 3.43. The van der Waals surface area contributed by atoms with Crippen LogP contribution in [0.15, 0.2) is 45.6 Å². The second kappa shape index (κ2) is 6.15. The number of sulfone groups is 1. The Kier molecular flexibility index (Phi) is 3.85. The minimum Gasteiger partial charge on any atom is -0.355 e. The first-order chi connectivity index (χ1) is 13.1. The quantitative estimate of drug-likeness (QED) is 0.506. The van der Waals surface area contributed by atoms with Crippen LogP contribution in [-0.4, -0.2) is 41.3 Å². The van der Waals surface area contributed by atoms with Crippen LogP contribution in [0, 0.1) is 0 Å². The maximum atomic E-state index is 13.1. The number of aromatic nitrogens is 4. The Labute approximate surface area is 164 Å². The van der Waals surface area contributed by atoms with Gasteiger partial charge in [-0.05, 0) is 42.5 Å². The van der Waals surface area contributed by atoms with Gasteiger partial charge in [0.1, 0.15) is 0 Å². The number of anilines is 1. The summed E-state index contributed by atoms with van der Waals surface area (Å²) in [5, 5.41) is 10.2. The molecule has 27 heavy (non-hydrogen) atoms. The molecule has 0 bridgehead atoms. The Balaban J connectivity index is 1.78. The summed E-state index contributed by atoms with van der Waals surface area (Å²) in [7, 11) is -3.89. The zero-order valence-electron chi connectivity index (χ0n) is 14.0. The van der Waals surface area contributed by atoms with Crippen LogP contribution in [0.5, 0.6) is 0 Å². The van der Waals surface area contributed by atoms with Gasteiger partial charge in [-0.3, -0.25) is 0 Å². The number of hydrogen-bond donors (Lipinski definition) is 0. The third-order valence-corrected chi connectivity index (χ3v) is 7.45. The van der Waals surface area contributed by atoms with E-state index in [0.717, 1.165) is 42.0 Å². The maximum Gasteiger partial charge on any atom is 0.229 e. The fourth-order valence-corrected chi connectivity index (χ4v) is 5.79. The van der Waals surface area contributed by atoms with Crippen LogP contribution < -0.4 is 4.90 Å². The van der Waals surface area contributed by atoms with E-state index < -0.39 is 9.84 Å². The van der Waals surface area contributed by atoms with Gasteiger partial charge in [0.15, 0.2) is 11.5 Å². The van der Waals surface area contributed by atoms with E-state index in [-0.39, 0.29) is 15.6 Å². The highest BCUT2D eigenvalue weighted by Gasteiger charge is 2.28. The largest absolute Gasteiger partial charge is 0.355 e. The normalized spacial score (nSPS) is 15.2. The van der Waals surface area contributed by atoms with E-state index >= 15 is 0 Å². The number of benzene rings is 1. The first-order valence-electron chi connectivity index (χ1n) is 8.44. The van der Waals surface area contributed by atoms with E-state index in [9.17, 15) is 8.42 Å². The molecule has 0 radical (unpaired) electrons. The van der Waals surface area contributed by atoms with E-state index in [1.807, 2.05) is 11.4 Å². The van der Waals surface area contributed by atoms with Gasteiger partial charge in [0.25, 0.3) is 0 Å². The summed E-state index contributed by atoms with van der Waals surface area (Å²) in [5.41, 5.74) is 1.05. The molecule has 4 aromatic rings. The van der Waals surface area contributed by atoms with Crippen LogP contribution in [-0.2, 0) is 9.84 Å². The Bertz CT molecular complexity index is 1280. The summed E-state index contributed by atoms with van der Waals surface area (Å²) >= 11 is 7.55. The zero-order valence-corrected chi connectivity index (χ0v) is 16.4. The fraction of sp³-hybridized carbons (Fsp3) is 0.235. The van der Waals surface area contributed by atoms with Crippen molar-refractivity contribution in [3.63, 3.8) is 0 Å². The van der Waals surface area contributed by atoms with Crippen molar-refractivity contribution in [2.45, 2.75) is 22.8 Å². The summed E-state index contributed by atoms with van der Waals surface area (Å²) in [5.74, 6) is 0.801. The third-order valence-electron chi connectivity index (χ3n) is 4.67. The lowest BCUT2D eigenvalue weighted by atomic mass is 10.4. The lowest BCUT2D eigenvalue weighted by Crippen LogP contribution is -2.19. The number of halogens is 1. The van der Waals surface area contributed by atoms with Gasteiger partial charge in [-0.2, -0.15) is 4.52 Å². The van der Waals surface area contributed by atoms with Gasteiger partial charge >= 0.3 is 0 Å². The van der Waals surface area contributed by atoms with Crippen molar-refractivity contribution in [3.8, 4) is 0 Å². The van der Waals surface area contributed by atoms with Crippen molar-refractivity contribution in [1.29, 1.82) is 0 Å². The van der Waals surface area contributed by atoms with Crippen molar-refractivity contribution >= 4 is 54.5 Å². The molecule has 4 heterocycles. The lowest BCUT2D eigenvalue weighted by molar-refractivity contribution is 0.592. The average molecular weight is 420 g/mol. The predicted molar refractivity (Wildman–Crippen MR) is 105 cm³/mol. The summed E-state index contributed by atoms with van der Waals surface area (Å²) in [6.45, 7) is 1.82. The standard InChI is InChI=1S/C17H14ClN5O2S2/c18-11-4-3-5-12(10-11)27(24,25)17-16-19-15(22-7-1-2-8-22)14-13(6-9-26-14)23(16)21-20-17/h3-6,9-10H,1-2,7-8H2. The molecule has 1 fully saturated rings. The van der Waals surface area contributed by atoms with Gasteiger partial charge in [0.2, 0.25) is 14.9 Å². The number of hydrogen-bond acceptors (Lipinski definition) is 7. The molecule has 1 aliphatic heterocycles. The van der Waals surface area contributed by atoms with Crippen LogP contribution in [0.1, 0.15) is 12.8 Å². The van der Waals surface area contributed by atoms with E-state index in [1.165, 1.54) is 16.6 Å². The van der Waals surface area contributed by atoms with Gasteiger partial charge in [0, 0.05) is 18.1 Å². The minimum absolute atomic E-state index is 0.0762. The molecule has 0 amide bonds. The molecule has 1 saturated heterocycles. The summed E-state index contributed by atoms with van der Waals surface area (Å²) in [6.07, 6.45) is 2.20. The number of rotatable bonds is 3. The van der Waals surface area contributed by atoms with Gasteiger partial charge in [-0.1, -0.05) is 22.9 Å². The van der Waals surface area contributed by atoms with E-state index in [0.29, 0.717) is 5.02 Å². The van der Waals surface area contributed by atoms with Crippen molar-refractivity contribution in [2.24, 2.45) is 0 Å². The number of thiophene rings is 1.